The number of rotatable bonds is 5. The van der Waals surface area contributed by atoms with Crippen LogP contribution >= 0.6 is 0 Å². The Bertz CT molecular complexity index is 1070. The Hall–Kier alpha value is -3.33. The largest absolute Gasteiger partial charge is 0.494 e. The molecule has 5 rings (SSSR count). The lowest BCUT2D eigenvalue weighted by molar-refractivity contribution is 0.170. The summed E-state index contributed by atoms with van der Waals surface area (Å²) >= 11 is 0. The molecule has 9 heteroatoms. The SMILES string of the molecule is CCOc1ccc(-n2nnnc2[C@H]2c3c(cc4c(c3OC)OCO4)CCN2C)cc1. The van der Waals surface area contributed by atoms with Crippen molar-refractivity contribution in [3.8, 4) is 28.7 Å². The molecular formula is C21H23N5O4. The third-order valence-corrected chi connectivity index (χ3v) is 5.53. The van der Waals surface area contributed by atoms with E-state index in [1.54, 1.807) is 11.8 Å². The minimum atomic E-state index is -0.195. The van der Waals surface area contributed by atoms with Gasteiger partial charge in [-0.2, -0.15) is 4.68 Å². The fourth-order valence-electron chi connectivity index (χ4n) is 4.16. The Morgan fingerprint density at radius 2 is 2.03 bits per heavy atom. The molecule has 3 heterocycles. The quantitative estimate of drug-likeness (QED) is 0.635. The number of hydrogen-bond acceptors (Lipinski definition) is 8. The van der Waals surface area contributed by atoms with E-state index in [1.165, 1.54) is 0 Å². The highest BCUT2D eigenvalue weighted by Gasteiger charge is 2.37. The molecule has 9 nitrogen and oxygen atoms in total. The molecule has 0 saturated heterocycles. The molecule has 0 radical (unpaired) electrons. The van der Waals surface area contributed by atoms with Crippen molar-refractivity contribution in [2.45, 2.75) is 19.4 Å². The van der Waals surface area contributed by atoms with Crippen molar-refractivity contribution in [3.63, 3.8) is 0 Å². The van der Waals surface area contributed by atoms with Crippen molar-refractivity contribution in [3.05, 3.63) is 47.3 Å². The number of tetrazole rings is 1. The molecule has 0 unspecified atom stereocenters. The number of ether oxygens (including phenoxy) is 4. The number of methoxy groups -OCH3 is 1. The summed E-state index contributed by atoms with van der Waals surface area (Å²) in [5.41, 5.74) is 3.02. The maximum absolute atomic E-state index is 5.79. The molecule has 30 heavy (non-hydrogen) atoms. The van der Waals surface area contributed by atoms with Gasteiger partial charge in [-0.1, -0.05) is 0 Å². The average Bonchev–Trinajstić information content (AvgIpc) is 3.42. The first kappa shape index (κ1) is 18.7. The lowest BCUT2D eigenvalue weighted by Crippen LogP contribution is -2.35. The van der Waals surface area contributed by atoms with Gasteiger partial charge in [-0.15, -0.1) is 5.10 Å². The van der Waals surface area contributed by atoms with E-state index in [1.807, 2.05) is 37.3 Å². The number of benzene rings is 2. The standard InChI is InChI=1S/C21H23N5O4/c1-4-28-15-7-5-14(6-8-15)26-21(22-23-24-26)18-17-13(9-10-25(18)2)11-16-19(20(17)27-3)30-12-29-16/h5-8,11,18H,4,9-10,12H2,1-3H3/t18-/m1/s1. The van der Waals surface area contributed by atoms with Gasteiger partial charge in [-0.25, -0.2) is 0 Å². The monoisotopic (exact) mass is 409 g/mol. The maximum Gasteiger partial charge on any atom is 0.231 e. The van der Waals surface area contributed by atoms with Crippen LogP contribution in [0.4, 0.5) is 0 Å². The van der Waals surface area contributed by atoms with Crippen molar-refractivity contribution in [2.75, 3.05) is 34.1 Å². The van der Waals surface area contributed by atoms with E-state index in [4.69, 9.17) is 18.9 Å². The van der Waals surface area contributed by atoms with Crippen molar-refractivity contribution in [2.24, 2.45) is 0 Å². The summed E-state index contributed by atoms with van der Waals surface area (Å²) in [5.74, 6) is 3.56. The minimum absolute atomic E-state index is 0.193. The molecule has 0 N–H and O–H groups in total. The van der Waals surface area contributed by atoms with Crippen molar-refractivity contribution in [1.29, 1.82) is 0 Å². The van der Waals surface area contributed by atoms with Gasteiger partial charge in [0.2, 0.25) is 12.5 Å². The van der Waals surface area contributed by atoms with E-state index in [0.717, 1.165) is 41.3 Å². The highest BCUT2D eigenvalue weighted by atomic mass is 16.7. The van der Waals surface area contributed by atoms with Gasteiger partial charge in [0, 0.05) is 12.1 Å². The van der Waals surface area contributed by atoms with Gasteiger partial charge in [-0.3, -0.25) is 4.90 Å². The van der Waals surface area contributed by atoms with Crippen LogP contribution in [0.25, 0.3) is 5.69 Å². The zero-order chi connectivity index (χ0) is 20.7. The fourth-order valence-corrected chi connectivity index (χ4v) is 4.16. The maximum atomic E-state index is 5.79. The summed E-state index contributed by atoms with van der Waals surface area (Å²) < 4.78 is 24.4. The summed E-state index contributed by atoms with van der Waals surface area (Å²) in [6.07, 6.45) is 0.875. The molecule has 2 aromatic carbocycles. The van der Waals surface area contributed by atoms with Crippen LogP contribution in [0.15, 0.2) is 30.3 Å². The molecule has 0 saturated carbocycles. The molecule has 0 fully saturated rings. The molecule has 0 bridgehead atoms. The Labute approximate surface area is 174 Å². The molecule has 0 amide bonds. The van der Waals surface area contributed by atoms with Gasteiger partial charge in [0.1, 0.15) is 11.8 Å². The number of likely N-dealkylation sites (N-methyl/N-ethyl adjacent to an activating group) is 1. The summed E-state index contributed by atoms with van der Waals surface area (Å²) in [6, 6.07) is 9.59. The van der Waals surface area contributed by atoms with Crippen molar-refractivity contribution >= 4 is 0 Å². The van der Waals surface area contributed by atoms with Crippen LogP contribution in [0.2, 0.25) is 0 Å². The lowest BCUT2D eigenvalue weighted by Gasteiger charge is -2.34. The highest BCUT2D eigenvalue weighted by Crippen LogP contribution is 2.50. The third kappa shape index (κ3) is 2.93. The van der Waals surface area contributed by atoms with Crippen LogP contribution in [0.5, 0.6) is 23.0 Å². The molecule has 1 aromatic heterocycles. The number of fused-ring (bicyclic) bond motifs is 2. The van der Waals surface area contributed by atoms with Gasteiger partial charge in [0.15, 0.2) is 17.3 Å². The van der Waals surface area contributed by atoms with Crippen LogP contribution in [0.3, 0.4) is 0 Å². The van der Waals surface area contributed by atoms with Crippen LogP contribution in [-0.4, -0.2) is 59.2 Å². The molecule has 0 spiro atoms. The Balaban J connectivity index is 1.62. The van der Waals surface area contributed by atoms with E-state index in [9.17, 15) is 0 Å². The fraction of sp³-hybridized carbons (Fsp3) is 0.381. The third-order valence-electron chi connectivity index (χ3n) is 5.53. The van der Waals surface area contributed by atoms with E-state index >= 15 is 0 Å². The first-order valence-corrected chi connectivity index (χ1v) is 9.92. The van der Waals surface area contributed by atoms with E-state index in [2.05, 4.69) is 27.5 Å². The summed E-state index contributed by atoms with van der Waals surface area (Å²) in [4.78, 5) is 2.23. The first-order chi connectivity index (χ1) is 14.7. The molecule has 0 aliphatic carbocycles. The highest BCUT2D eigenvalue weighted by molar-refractivity contribution is 5.62. The second kappa shape index (κ2) is 7.49. The predicted molar refractivity (Wildman–Crippen MR) is 108 cm³/mol. The summed E-state index contributed by atoms with van der Waals surface area (Å²) in [6.45, 7) is 3.63. The average molecular weight is 409 g/mol. The smallest absolute Gasteiger partial charge is 0.231 e. The van der Waals surface area contributed by atoms with Crippen LogP contribution < -0.4 is 18.9 Å². The lowest BCUT2D eigenvalue weighted by atomic mass is 9.90. The normalized spacial score (nSPS) is 17.6. The minimum Gasteiger partial charge on any atom is -0.494 e. The number of hydrogen-bond donors (Lipinski definition) is 0. The molecule has 3 aromatic rings. The Morgan fingerprint density at radius 3 is 2.80 bits per heavy atom. The van der Waals surface area contributed by atoms with E-state index in [-0.39, 0.29) is 12.8 Å². The number of aromatic nitrogens is 4. The predicted octanol–water partition coefficient (Wildman–Crippen LogP) is 2.38. The molecular weight excluding hydrogens is 386 g/mol. The van der Waals surface area contributed by atoms with E-state index < -0.39 is 0 Å². The topological polar surface area (TPSA) is 83.8 Å². The zero-order valence-corrected chi connectivity index (χ0v) is 17.2. The second-order valence-corrected chi connectivity index (χ2v) is 7.23. The molecule has 2 aliphatic heterocycles. The van der Waals surface area contributed by atoms with Crippen LogP contribution in [-0.2, 0) is 6.42 Å². The van der Waals surface area contributed by atoms with Gasteiger partial charge < -0.3 is 18.9 Å². The summed E-state index contributed by atoms with van der Waals surface area (Å²) in [7, 11) is 3.72. The molecule has 156 valence electrons. The van der Waals surface area contributed by atoms with Gasteiger partial charge >= 0.3 is 0 Å². The van der Waals surface area contributed by atoms with Crippen molar-refractivity contribution in [1.82, 2.24) is 25.1 Å². The molecule has 2 aliphatic rings. The number of nitrogens with zero attached hydrogens (tertiary/aromatic N) is 5. The van der Waals surface area contributed by atoms with Crippen molar-refractivity contribution < 1.29 is 18.9 Å². The van der Waals surface area contributed by atoms with E-state index in [0.29, 0.717) is 23.9 Å². The molecule has 1 atom stereocenters. The Morgan fingerprint density at radius 1 is 1.20 bits per heavy atom. The first-order valence-electron chi connectivity index (χ1n) is 9.92. The summed E-state index contributed by atoms with van der Waals surface area (Å²) in [5, 5.41) is 12.6. The second-order valence-electron chi connectivity index (χ2n) is 7.23. The van der Waals surface area contributed by atoms with Gasteiger partial charge in [-0.05, 0) is 66.7 Å². The Kier molecular flexibility index (Phi) is 4.66. The zero-order valence-electron chi connectivity index (χ0n) is 17.2. The van der Waals surface area contributed by atoms with Crippen LogP contribution in [0.1, 0.15) is 29.9 Å². The van der Waals surface area contributed by atoms with Crippen LogP contribution in [0, 0.1) is 0 Å². The van der Waals surface area contributed by atoms with Gasteiger partial charge in [0.05, 0.1) is 19.4 Å². The van der Waals surface area contributed by atoms with Gasteiger partial charge in [0.25, 0.3) is 0 Å².